The second kappa shape index (κ2) is 6.29. The molecule has 1 saturated carbocycles. The van der Waals surface area contributed by atoms with Gasteiger partial charge >= 0.3 is 0 Å². The first-order valence-corrected chi connectivity index (χ1v) is 7.35. The maximum atomic E-state index is 10.1. The van der Waals surface area contributed by atoms with Crippen molar-refractivity contribution in [1.29, 1.82) is 0 Å². The van der Waals surface area contributed by atoms with Gasteiger partial charge in [0.25, 0.3) is 0 Å². The van der Waals surface area contributed by atoms with E-state index in [1.54, 1.807) is 0 Å². The highest BCUT2D eigenvalue weighted by Gasteiger charge is 2.34. The minimum Gasteiger partial charge on any atom is -0.504 e. The van der Waals surface area contributed by atoms with Gasteiger partial charge in [0, 0.05) is 18.7 Å². The quantitative estimate of drug-likeness (QED) is 0.791. The Balaban J connectivity index is 1.90. The summed E-state index contributed by atoms with van der Waals surface area (Å²) in [5.41, 5.74) is 1.42. The summed E-state index contributed by atoms with van der Waals surface area (Å²) in [5, 5.41) is 13.6. The van der Waals surface area contributed by atoms with Crippen LogP contribution in [0.3, 0.4) is 0 Å². The topological polar surface area (TPSA) is 41.5 Å². The number of hydrogen-bond donors (Lipinski definition) is 2. The van der Waals surface area contributed by atoms with Crippen LogP contribution in [0.4, 0.5) is 0 Å². The molecule has 2 N–H and O–H groups in total. The lowest BCUT2D eigenvalue weighted by molar-refractivity contribution is 0.123. The van der Waals surface area contributed by atoms with Gasteiger partial charge < -0.3 is 15.2 Å². The van der Waals surface area contributed by atoms with Crippen molar-refractivity contribution in [1.82, 2.24) is 5.32 Å². The fourth-order valence-corrected chi connectivity index (χ4v) is 2.78. The van der Waals surface area contributed by atoms with Crippen LogP contribution in [-0.2, 0) is 6.54 Å². The second-order valence-corrected chi connectivity index (χ2v) is 5.51. The van der Waals surface area contributed by atoms with Crippen LogP contribution in [0.25, 0.3) is 0 Å². The number of nitrogens with one attached hydrogen (secondary N) is 1. The average Bonchev–Trinajstić information content (AvgIpc) is 2.37. The van der Waals surface area contributed by atoms with Crippen molar-refractivity contribution in [3.63, 3.8) is 0 Å². The lowest BCUT2D eigenvalue weighted by atomic mass is 9.67. The van der Waals surface area contributed by atoms with Gasteiger partial charge in [-0.05, 0) is 37.7 Å². The zero-order valence-corrected chi connectivity index (χ0v) is 12.0. The van der Waals surface area contributed by atoms with E-state index in [0.29, 0.717) is 24.3 Å². The lowest BCUT2D eigenvalue weighted by Gasteiger charge is -2.41. The van der Waals surface area contributed by atoms with Gasteiger partial charge in [0.15, 0.2) is 11.5 Å². The van der Waals surface area contributed by atoms with Gasteiger partial charge in [-0.2, -0.15) is 0 Å². The Morgan fingerprint density at radius 2 is 2.11 bits per heavy atom. The number of hydrogen-bond acceptors (Lipinski definition) is 3. The Labute approximate surface area is 116 Å². The summed E-state index contributed by atoms with van der Waals surface area (Å²) in [4.78, 5) is 0. The number of para-hydroxylation sites is 1. The SMILES string of the molecule is CCOc1cccc(CNCC2(CC)CCC2)c1O. The molecule has 106 valence electrons. The molecule has 3 nitrogen and oxygen atoms in total. The predicted molar refractivity (Wildman–Crippen MR) is 77.6 cm³/mol. The zero-order valence-electron chi connectivity index (χ0n) is 12.0. The molecule has 1 aromatic carbocycles. The van der Waals surface area contributed by atoms with Crippen LogP contribution in [0, 0.1) is 5.41 Å². The summed E-state index contributed by atoms with van der Waals surface area (Å²) in [6.45, 7) is 6.51. The van der Waals surface area contributed by atoms with Crippen molar-refractivity contribution in [2.24, 2.45) is 5.41 Å². The molecule has 1 aromatic rings. The van der Waals surface area contributed by atoms with Crippen LogP contribution >= 0.6 is 0 Å². The van der Waals surface area contributed by atoms with Gasteiger partial charge in [0.05, 0.1) is 6.61 Å². The summed E-state index contributed by atoms with van der Waals surface area (Å²) in [5.74, 6) is 0.853. The summed E-state index contributed by atoms with van der Waals surface area (Å²) < 4.78 is 5.40. The molecule has 3 heteroatoms. The number of aromatic hydroxyl groups is 1. The van der Waals surface area contributed by atoms with Gasteiger partial charge in [-0.15, -0.1) is 0 Å². The molecule has 0 aliphatic heterocycles. The smallest absolute Gasteiger partial charge is 0.162 e. The van der Waals surface area contributed by atoms with E-state index >= 15 is 0 Å². The standard InChI is InChI=1S/C16H25NO2/c1-3-16(9-6-10-16)12-17-11-13-7-5-8-14(15(13)18)19-4-2/h5,7-8,17-18H,3-4,6,9-12H2,1-2H3. The Morgan fingerprint density at radius 1 is 1.32 bits per heavy atom. The van der Waals surface area contributed by atoms with E-state index < -0.39 is 0 Å². The number of rotatable bonds is 7. The Morgan fingerprint density at radius 3 is 2.68 bits per heavy atom. The number of benzene rings is 1. The van der Waals surface area contributed by atoms with E-state index in [1.165, 1.54) is 25.7 Å². The summed E-state index contributed by atoms with van der Waals surface area (Å²) in [6, 6.07) is 5.69. The second-order valence-electron chi connectivity index (χ2n) is 5.51. The molecule has 0 bridgehead atoms. The molecule has 1 fully saturated rings. The van der Waals surface area contributed by atoms with E-state index in [0.717, 1.165) is 12.1 Å². The van der Waals surface area contributed by atoms with Crippen molar-refractivity contribution in [3.05, 3.63) is 23.8 Å². The molecular formula is C16H25NO2. The lowest BCUT2D eigenvalue weighted by Crippen LogP contribution is -2.39. The molecule has 0 amide bonds. The molecule has 0 spiro atoms. The Bertz CT molecular complexity index is 408. The molecule has 19 heavy (non-hydrogen) atoms. The highest BCUT2D eigenvalue weighted by atomic mass is 16.5. The Hall–Kier alpha value is -1.22. The van der Waals surface area contributed by atoms with Crippen molar-refractivity contribution in [3.8, 4) is 11.5 Å². The molecule has 0 aromatic heterocycles. The zero-order chi connectivity index (χ0) is 13.7. The summed E-state index contributed by atoms with van der Waals surface area (Å²) >= 11 is 0. The third-order valence-corrected chi connectivity index (χ3v) is 4.36. The maximum Gasteiger partial charge on any atom is 0.162 e. The van der Waals surface area contributed by atoms with Gasteiger partial charge in [-0.1, -0.05) is 25.5 Å². The first-order valence-electron chi connectivity index (χ1n) is 7.35. The number of phenols is 1. The molecule has 0 radical (unpaired) electrons. The Kier molecular flexibility index (Phi) is 4.70. The normalized spacial score (nSPS) is 16.9. The highest BCUT2D eigenvalue weighted by molar-refractivity contribution is 5.45. The van der Waals surface area contributed by atoms with Crippen molar-refractivity contribution in [2.45, 2.75) is 46.1 Å². The molecule has 2 rings (SSSR count). The fourth-order valence-electron chi connectivity index (χ4n) is 2.78. The summed E-state index contributed by atoms with van der Waals surface area (Å²) in [7, 11) is 0. The highest BCUT2D eigenvalue weighted by Crippen LogP contribution is 2.43. The van der Waals surface area contributed by atoms with Crippen LogP contribution in [0.5, 0.6) is 11.5 Å². The number of ether oxygens (including phenoxy) is 1. The van der Waals surface area contributed by atoms with Crippen LogP contribution in [-0.4, -0.2) is 18.3 Å². The predicted octanol–water partition coefficient (Wildman–Crippen LogP) is 3.46. The molecule has 0 heterocycles. The van der Waals surface area contributed by atoms with Crippen LogP contribution < -0.4 is 10.1 Å². The average molecular weight is 263 g/mol. The summed E-state index contributed by atoms with van der Waals surface area (Å²) in [6.07, 6.45) is 5.27. The largest absolute Gasteiger partial charge is 0.504 e. The van der Waals surface area contributed by atoms with E-state index in [4.69, 9.17) is 4.74 Å². The first kappa shape index (κ1) is 14.2. The first-order chi connectivity index (χ1) is 9.21. The van der Waals surface area contributed by atoms with Crippen LogP contribution in [0.1, 0.15) is 45.1 Å². The molecule has 0 unspecified atom stereocenters. The van der Waals surface area contributed by atoms with Crippen molar-refractivity contribution < 1.29 is 9.84 Å². The monoisotopic (exact) mass is 263 g/mol. The third kappa shape index (κ3) is 3.21. The van der Waals surface area contributed by atoms with Gasteiger partial charge in [0.1, 0.15) is 0 Å². The van der Waals surface area contributed by atoms with Crippen molar-refractivity contribution >= 4 is 0 Å². The third-order valence-electron chi connectivity index (χ3n) is 4.36. The van der Waals surface area contributed by atoms with Gasteiger partial charge in [-0.25, -0.2) is 0 Å². The van der Waals surface area contributed by atoms with Crippen LogP contribution in [0.2, 0.25) is 0 Å². The molecule has 0 atom stereocenters. The fraction of sp³-hybridized carbons (Fsp3) is 0.625. The van der Waals surface area contributed by atoms with E-state index in [1.807, 2.05) is 25.1 Å². The molecule has 1 aliphatic rings. The van der Waals surface area contributed by atoms with Gasteiger partial charge in [-0.3, -0.25) is 0 Å². The van der Waals surface area contributed by atoms with Gasteiger partial charge in [0.2, 0.25) is 0 Å². The van der Waals surface area contributed by atoms with E-state index in [-0.39, 0.29) is 5.75 Å². The minimum absolute atomic E-state index is 0.274. The molecule has 1 aliphatic carbocycles. The number of phenolic OH excluding ortho intramolecular Hbond substituents is 1. The van der Waals surface area contributed by atoms with Crippen LogP contribution in [0.15, 0.2) is 18.2 Å². The molecule has 0 saturated heterocycles. The van der Waals surface area contributed by atoms with Crippen molar-refractivity contribution in [2.75, 3.05) is 13.2 Å². The van der Waals surface area contributed by atoms with E-state index in [2.05, 4.69) is 12.2 Å². The van der Waals surface area contributed by atoms with E-state index in [9.17, 15) is 5.11 Å². The minimum atomic E-state index is 0.274. The maximum absolute atomic E-state index is 10.1. The molecular weight excluding hydrogens is 238 g/mol.